The lowest BCUT2D eigenvalue weighted by atomic mass is 10.2. The van der Waals surface area contributed by atoms with E-state index in [9.17, 15) is 4.39 Å². The van der Waals surface area contributed by atoms with Gasteiger partial charge in [-0.3, -0.25) is 0 Å². The molecule has 0 aliphatic carbocycles. The minimum atomic E-state index is -0.343. The second kappa shape index (κ2) is 5.68. The number of benzene rings is 1. The Labute approximate surface area is 115 Å². The van der Waals surface area contributed by atoms with Crippen LogP contribution in [-0.4, -0.2) is 11.5 Å². The number of hydrogen-bond donors (Lipinski definition) is 0. The topological polar surface area (TPSA) is 39.9 Å². The molecule has 0 amide bonds. The largest absolute Gasteiger partial charge is 0.324 e. The number of halogens is 2. The van der Waals surface area contributed by atoms with Gasteiger partial charge in [0.15, 0.2) is 0 Å². The van der Waals surface area contributed by atoms with E-state index in [-0.39, 0.29) is 11.0 Å². The second-order valence-corrected chi connectivity index (χ2v) is 4.23. The van der Waals surface area contributed by atoms with Crippen molar-refractivity contribution in [2.24, 2.45) is 0 Å². The lowest BCUT2D eigenvalue weighted by Gasteiger charge is -2.22. The molecule has 0 radical (unpaired) electrons. The van der Waals surface area contributed by atoms with Crippen LogP contribution in [0.3, 0.4) is 0 Å². The summed E-state index contributed by atoms with van der Waals surface area (Å²) in [7, 11) is 0. The van der Waals surface area contributed by atoms with Gasteiger partial charge in [0.1, 0.15) is 16.8 Å². The highest BCUT2D eigenvalue weighted by atomic mass is 35.5. The number of para-hydroxylation sites is 1. The highest BCUT2D eigenvalue weighted by Crippen LogP contribution is 2.27. The summed E-state index contributed by atoms with van der Waals surface area (Å²) in [4.78, 5) is 5.81. The third kappa shape index (κ3) is 2.83. The molecule has 1 aromatic carbocycles. The maximum absolute atomic E-state index is 13.8. The molecule has 1 aromatic heterocycles. The van der Waals surface area contributed by atoms with Crippen LogP contribution in [0.5, 0.6) is 0 Å². The molecule has 0 saturated carbocycles. The van der Waals surface area contributed by atoms with Crippen LogP contribution >= 0.6 is 11.6 Å². The lowest BCUT2D eigenvalue weighted by Crippen LogP contribution is -2.18. The molecular formula is C14H11ClFN3. The molecule has 2 rings (SSSR count). The summed E-state index contributed by atoms with van der Waals surface area (Å²) in [6.45, 7) is 2.39. The van der Waals surface area contributed by atoms with E-state index in [1.807, 2.05) is 13.0 Å². The van der Waals surface area contributed by atoms with E-state index in [1.165, 1.54) is 12.1 Å². The normalized spacial score (nSPS) is 10.0. The number of anilines is 2. The van der Waals surface area contributed by atoms with E-state index in [4.69, 9.17) is 16.9 Å². The average Bonchev–Trinajstić information content (AvgIpc) is 2.41. The molecule has 1 heterocycles. The molecule has 5 heteroatoms. The smallest absolute Gasteiger partial charge is 0.146 e. The van der Waals surface area contributed by atoms with Gasteiger partial charge in [0.05, 0.1) is 17.3 Å². The Morgan fingerprint density at radius 3 is 2.74 bits per heavy atom. The average molecular weight is 276 g/mol. The van der Waals surface area contributed by atoms with Gasteiger partial charge in [0.2, 0.25) is 0 Å². The molecule has 0 atom stereocenters. The lowest BCUT2D eigenvalue weighted by molar-refractivity contribution is 0.625. The van der Waals surface area contributed by atoms with Crippen molar-refractivity contribution >= 4 is 23.1 Å². The highest BCUT2D eigenvalue weighted by Gasteiger charge is 2.14. The first-order valence-electron chi connectivity index (χ1n) is 5.75. The Morgan fingerprint density at radius 2 is 2.11 bits per heavy atom. The number of pyridine rings is 1. The Balaban J connectivity index is 2.52. The van der Waals surface area contributed by atoms with Crippen molar-refractivity contribution < 1.29 is 4.39 Å². The Hall–Kier alpha value is -2.12. The van der Waals surface area contributed by atoms with Crippen LogP contribution < -0.4 is 4.90 Å². The van der Waals surface area contributed by atoms with E-state index < -0.39 is 0 Å². The molecule has 2 aromatic rings. The first-order chi connectivity index (χ1) is 9.15. The fourth-order valence-corrected chi connectivity index (χ4v) is 2.02. The molecule has 0 aliphatic rings. The van der Waals surface area contributed by atoms with E-state index in [2.05, 4.69) is 4.98 Å². The standard InChI is InChI=1S/C14H11ClFN3/c1-2-19(12-6-4-3-5-11(12)16)14-8-10(9-17)7-13(15)18-14/h3-8H,2H2,1H3. The van der Waals surface area contributed by atoms with Crippen molar-refractivity contribution in [1.29, 1.82) is 5.26 Å². The molecule has 0 N–H and O–H groups in total. The van der Waals surface area contributed by atoms with Crippen molar-refractivity contribution in [3.63, 3.8) is 0 Å². The van der Waals surface area contributed by atoms with Crippen molar-refractivity contribution in [2.75, 3.05) is 11.4 Å². The minimum Gasteiger partial charge on any atom is -0.324 e. The molecule has 0 saturated heterocycles. The highest BCUT2D eigenvalue weighted by molar-refractivity contribution is 6.29. The van der Waals surface area contributed by atoms with Gasteiger partial charge in [-0.15, -0.1) is 0 Å². The predicted molar refractivity (Wildman–Crippen MR) is 73.0 cm³/mol. The quantitative estimate of drug-likeness (QED) is 0.798. The Kier molecular flexibility index (Phi) is 3.98. The van der Waals surface area contributed by atoms with Gasteiger partial charge in [0, 0.05) is 6.54 Å². The maximum atomic E-state index is 13.8. The summed E-state index contributed by atoms with van der Waals surface area (Å²) >= 11 is 5.87. The number of rotatable bonds is 3. The fraction of sp³-hybridized carbons (Fsp3) is 0.143. The Bertz CT molecular complexity index is 637. The zero-order valence-corrected chi connectivity index (χ0v) is 11.0. The molecule has 0 bridgehead atoms. The van der Waals surface area contributed by atoms with Gasteiger partial charge in [-0.05, 0) is 31.2 Å². The van der Waals surface area contributed by atoms with E-state index >= 15 is 0 Å². The first kappa shape index (κ1) is 13.3. The summed E-state index contributed by atoms with van der Waals surface area (Å²) < 4.78 is 13.8. The number of aromatic nitrogens is 1. The number of nitriles is 1. The van der Waals surface area contributed by atoms with Gasteiger partial charge in [-0.2, -0.15) is 5.26 Å². The van der Waals surface area contributed by atoms with Gasteiger partial charge in [-0.1, -0.05) is 23.7 Å². The molecule has 3 nitrogen and oxygen atoms in total. The molecule has 0 spiro atoms. The van der Waals surface area contributed by atoms with Gasteiger partial charge >= 0.3 is 0 Å². The van der Waals surface area contributed by atoms with Crippen molar-refractivity contribution in [1.82, 2.24) is 4.98 Å². The molecule has 0 unspecified atom stereocenters. The van der Waals surface area contributed by atoms with E-state index in [0.29, 0.717) is 23.6 Å². The van der Waals surface area contributed by atoms with Crippen LogP contribution in [0.15, 0.2) is 36.4 Å². The number of nitrogens with zero attached hydrogens (tertiary/aromatic N) is 3. The van der Waals surface area contributed by atoms with E-state index in [1.54, 1.807) is 29.2 Å². The third-order valence-electron chi connectivity index (χ3n) is 2.65. The van der Waals surface area contributed by atoms with Crippen molar-refractivity contribution in [3.8, 4) is 6.07 Å². The van der Waals surface area contributed by atoms with Crippen LogP contribution in [0, 0.1) is 17.1 Å². The van der Waals surface area contributed by atoms with Crippen LogP contribution in [0.2, 0.25) is 5.15 Å². The Morgan fingerprint density at radius 1 is 1.37 bits per heavy atom. The summed E-state index contributed by atoms with van der Waals surface area (Å²) in [6, 6.07) is 11.5. The van der Waals surface area contributed by atoms with Crippen molar-refractivity contribution in [3.05, 3.63) is 52.9 Å². The molecule has 19 heavy (non-hydrogen) atoms. The first-order valence-corrected chi connectivity index (χ1v) is 6.13. The second-order valence-electron chi connectivity index (χ2n) is 3.84. The molecule has 96 valence electrons. The minimum absolute atomic E-state index is 0.212. The predicted octanol–water partition coefficient (Wildman–Crippen LogP) is 3.90. The third-order valence-corrected chi connectivity index (χ3v) is 2.84. The van der Waals surface area contributed by atoms with Crippen LogP contribution in [0.4, 0.5) is 15.9 Å². The SMILES string of the molecule is CCN(c1cc(C#N)cc(Cl)n1)c1ccccc1F. The summed E-state index contributed by atoms with van der Waals surface area (Å²) in [5.41, 5.74) is 0.799. The summed E-state index contributed by atoms with van der Waals surface area (Å²) in [5.74, 6) is 0.112. The van der Waals surface area contributed by atoms with Gasteiger partial charge in [0.25, 0.3) is 0 Å². The molecular weight excluding hydrogens is 265 g/mol. The zero-order chi connectivity index (χ0) is 13.8. The molecule has 0 fully saturated rings. The maximum Gasteiger partial charge on any atom is 0.146 e. The van der Waals surface area contributed by atoms with Crippen molar-refractivity contribution in [2.45, 2.75) is 6.92 Å². The van der Waals surface area contributed by atoms with Gasteiger partial charge < -0.3 is 4.90 Å². The van der Waals surface area contributed by atoms with Crippen LogP contribution in [0.1, 0.15) is 12.5 Å². The van der Waals surface area contributed by atoms with Gasteiger partial charge in [-0.25, -0.2) is 9.37 Å². The number of hydrogen-bond acceptors (Lipinski definition) is 3. The van der Waals surface area contributed by atoms with Crippen LogP contribution in [-0.2, 0) is 0 Å². The zero-order valence-electron chi connectivity index (χ0n) is 10.3. The monoisotopic (exact) mass is 275 g/mol. The summed E-state index contributed by atoms with van der Waals surface area (Å²) in [5, 5.41) is 9.15. The fourth-order valence-electron chi connectivity index (χ4n) is 1.81. The van der Waals surface area contributed by atoms with Crippen LogP contribution in [0.25, 0.3) is 0 Å². The van der Waals surface area contributed by atoms with E-state index in [0.717, 1.165) is 0 Å². The summed E-state index contributed by atoms with van der Waals surface area (Å²) in [6.07, 6.45) is 0. The molecule has 0 aliphatic heterocycles.